The third kappa shape index (κ3) is 5.45. The molecule has 6 nitrogen and oxygen atoms in total. The molecule has 1 aliphatic heterocycles. The molecule has 1 aromatic carbocycles. The lowest BCUT2D eigenvalue weighted by molar-refractivity contribution is -0.219. The van der Waals surface area contributed by atoms with E-state index in [-0.39, 0.29) is 27.2 Å². The zero-order valence-corrected chi connectivity index (χ0v) is 31.9. The van der Waals surface area contributed by atoms with E-state index in [0.717, 1.165) is 19.5 Å². The van der Waals surface area contributed by atoms with Crippen LogP contribution in [0.1, 0.15) is 115 Å². The number of benzene rings is 1. The smallest absolute Gasteiger partial charge is 0.335 e. The van der Waals surface area contributed by atoms with E-state index in [1.54, 1.807) is 12.1 Å². The van der Waals surface area contributed by atoms with Crippen LogP contribution in [0.25, 0.3) is 5.57 Å². The van der Waals surface area contributed by atoms with Crippen molar-refractivity contribution in [1.29, 1.82) is 0 Å². The van der Waals surface area contributed by atoms with Crippen LogP contribution in [-0.2, 0) is 9.84 Å². The number of fused-ring (bicyclic) bond motifs is 7. The lowest BCUT2D eigenvalue weighted by Crippen LogP contribution is -2.68. The summed E-state index contributed by atoms with van der Waals surface area (Å²) in [5.74, 6) is 2.83. The SMILES string of the molecule is C=C(C)[C@@H]1CC[C@]2(NCCN3CCS(=O)(=O)CC3)CC[C@]3(C)[C@H](CCC4[C@@]5(C)CC=C(c6ccc(C(=O)O)cc6)C(C)(C)C5CC[C@]43C)C12. The van der Waals surface area contributed by atoms with E-state index in [1.165, 1.54) is 68.1 Å². The molecule has 7 heteroatoms. The molecular formula is C42H62N2O4S. The molecule has 1 saturated heterocycles. The lowest BCUT2D eigenvalue weighted by Gasteiger charge is -2.72. The van der Waals surface area contributed by atoms with Gasteiger partial charge in [-0.05, 0) is 139 Å². The zero-order valence-electron chi connectivity index (χ0n) is 31.1. The quantitative estimate of drug-likeness (QED) is 0.281. The Morgan fingerprint density at radius 1 is 0.918 bits per heavy atom. The van der Waals surface area contributed by atoms with Crippen LogP contribution in [0.15, 0.2) is 42.5 Å². The molecule has 0 spiro atoms. The van der Waals surface area contributed by atoms with Gasteiger partial charge >= 0.3 is 5.97 Å². The number of aromatic carboxylic acids is 1. The first kappa shape index (κ1) is 35.4. The van der Waals surface area contributed by atoms with Gasteiger partial charge in [-0.1, -0.05) is 65.0 Å². The van der Waals surface area contributed by atoms with Crippen molar-refractivity contribution in [1.82, 2.24) is 10.2 Å². The second-order valence-electron chi connectivity index (χ2n) is 18.7. The predicted octanol–water partition coefficient (Wildman–Crippen LogP) is 8.11. The van der Waals surface area contributed by atoms with Gasteiger partial charge in [-0.25, -0.2) is 13.2 Å². The molecule has 6 aliphatic rings. The molecule has 2 N–H and O–H groups in total. The Morgan fingerprint density at radius 2 is 1.61 bits per heavy atom. The Hall–Kier alpha value is -1.96. The first-order chi connectivity index (χ1) is 23.0. The number of nitrogens with one attached hydrogen (secondary N) is 1. The summed E-state index contributed by atoms with van der Waals surface area (Å²) in [7, 11) is -2.86. The number of rotatable bonds is 7. The molecule has 270 valence electrons. The van der Waals surface area contributed by atoms with Gasteiger partial charge in [0, 0.05) is 31.7 Å². The van der Waals surface area contributed by atoms with Crippen LogP contribution < -0.4 is 5.32 Å². The van der Waals surface area contributed by atoms with Crippen LogP contribution in [-0.4, -0.2) is 67.6 Å². The summed E-state index contributed by atoms with van der Waals surface area (Å²) in [5, 5.41) is 13.7. The van der Waals surface area contributed by atoms with Crippen LogP contribution >= 0.6 is 0 Å². The largest absolute Gasteiger partial charge is 0.478 e. The fourth-order valence-electron chi connectivity index (χ4n) is 13.8. The van der Waals surface area contributed by atoms with E-state index in [4.69, 9.17) is 0 Å². The molecule has 0 aromatic heterocycles. The van der Waals surface area contributed by atoms with Crippen molar-refractivity contribution in [2.45, 2.75) is 105 Å². The van der Waals surface area contributed by atoms with Crippen molar-refractivity contribution in [2.75, 3.05) is 37.7 Å². The highest BCUT2D eigenvalue weighted by Crippen LogP contribution is 2.76. The van der Waals surface area contributed by atoms with E-state index >= 15 is 0 Å². The second kappa shape index (κ2) is 12.0. The summed E-state index contributed by atoms with van der Waals surface area (Å²) < 4.78 is 24.0. The average molecular weight is 691 g/mol. The first-order valence-corrected chi connectivity index (χ1v) is 21.2. The number of hydrogen-bond donors (Lipinski definition) is 2. The summed E-state index contributed by atoms with van der Waals surface area (Å²) in [6, 6.07) is 7.58. The minimum Gasteiger partial charge on any atom is -0.478 e. The Labute approximate surface area is 296 Å². The van der Waals surface area contributed by atoms with Crippen LogP contribution in [0, 0.1) is 51.2 Å². The molecule has 49 heavy (non-hydrogen) atoms. The number of allylic oxidation sites excluding steroid dienone is 3. The molecule has 4 saturated carbocycles. The molecule has 0 bridgehead atoms. The second-order valence-corrected chi connectivity index (χ2v) is 21.0. The minimum atomic E-state index is -2.86. The van der Waals surface area contributed by atoms with Gasteiger partial charge in [-0.15, -0.1) is 0 Å². The molecule has 1 heterocycles. The highest BCUT2D eigenvalue weighted by molar-refractivity contribution is 7.91. The molecule has 7 rings (SSSR count). The van der Waals surface area contributed by atoms with Gasteiger partial charge in [-0.3, -0.25) is 0 Å². The Morgan fingerprint density at radius 3 is 2.27 bits per heavy atom. The van der Waals surface area contributed by atoms with Gasteiger partial charge in [-0.2, -0.15) is 0 Å². The summed E-state index contributed by atoms with van der Waals surface area (Å²) in [5.41, 5.74) is 5.23. The number of carboxylic acids is 1. The molecule has 0 amide bonds. The van der Waals surface area contributed by atoms with Crippen LogP contribution in [0.3, 0.4) is 0 Å². The standard InChI is InChI=1S/C42H62N2O4S/c1-28(2)31-14-19-42(43-22-23-44-24-26-49(47,48)27-25-44)21-20-40(6)33(36(31)42)12-13-35-39(5)17-15-32(29-8-10-30(11-9-29)37(45)46)38(3,4)34(39)16-18-41(35,40)7/h8-11,15,31,33-36,43H,1,12-14,16-27H2,2-7H3,(H,45,46)/t31-,33+,34?,35?,36?,39-,40+,41+,42-/m0/s1. The predicted molar refractivity (Wildman–Crippen MR) is 199 cm³/mol. The fourth-order valence-corrected chi connectivity index (χ4v) is 15.1. The minimum absolute atomic E-state index is 0.0114. The fraction of sp³-hybridized carbons (Fsp3) is 0.738. The molecular weight excluding hydrogens is 629 g/mol. The van der Waals surface area contributed by atoms with Gasteiger partial charge in [0.05, 0.1) is 17.1 Å². The van der Waals surface area contributed by atoms with E-state index < -0.39 is 15.8 Å². The first-order valence-electron chi connectivity index (χ1n) is 19.4. The summed E-state index contributed by atoms with van der Waals surface area (Å²) in [4.78, 5) is 13.9. The van der Waals surface area contributed by atoms with E-state index in [2.05, 4.69) is 64.4 Å². The normalized spacial score (nSPS) is 42.6. The topological polar surface area (TPSA) is 86.7 Å². The zero-order chi connectivity index (χ0) is 35.2. The van der Waals surface area contributed by atoms with Gasteiger partial charge in [0.15, 0.2) is 9.84 Å². The third-order valence-electron chi connectivity index (χ3n) is 16.4. The number of hydrogen-bond acceptors (Lipinski definition) is 5. The molecule has 5 fully saturated rings. The van der Waals surface area contributed by atoms with Gasteiger partial charge in [0.1, 0.15) is 0 Å². The Balaban J connectivity index is 1.15. The van der Waals surface area contributed by atoms with Crippen molar-refractivity contribution in [3.63, 3.8) is 0 Å². The van der Waals surface area contributed by atoms with Crippen LogP contribution in [0.2, 0.25) is 0 Å². The number of nitrogens with zero attached hydrogens (tertiary/aromatic N) is 1. The van der Waals surface area contributed by atoms with Crippen molar-refractivity contribution < 1.29 is 18.3 Å². The molecule has 1 aromatic rings. The number of carboxylic acid groups (broad SMARTS) is 1. The van der Waals surface area contributed by atoms with Crippen LogP contribution in [0.5, 0.6) is 0 Å². The van der Waals surface area contributed by atoms with Crippen molar-refractivity contribution in [2.24, 2.45) is 51.2 Å². The monoisotopic (exact) mass is 690 g/mol. The maximum Gasteiger partial charge on any atom is 0.335 e. The molecule has 0 radical (unpaired) electrons. The third-order valence-corrected chi connectivity index (χ3v) is 18.0. The highest BCUT2D eigenvalue weighted by Gasteiger charge is 2.70. The van der Waals surface area contributed by atoms with E-state index in [1.807, 2.05) is 12.1 Å². The lowest BCUT2D eigenvalue weighted by atomic mass is 9.33. The summed E-state index contributed by atoms with van der Waals surface area (Å²) in [6.45, 7) is 23.0. The van der Waals surface area contributed by atoms with Gasteiger partial charge in [0.2, 0.25) is 0 Å². The van der Waals surface area contributed by atoms with E-state index in [9.17, 15) is 18.3 Å². The summed E-state index contributed by atoms with van der Waals surface area (Å²) >= 11 is 0. The van der Waals surface area contributed by atoms with E-state index in [0.29, 0.717) is 59.7 Å². The van der Waals surface area contributed by atoms with Crippen LogP contribution in [0.4, 0.5) is 0 Å². The molecule has 9 atom stereocenters. The average Bonchev–Trinajstić information content (AvgIpc) is 3.42. The molecule has 5 aliphatic carbocycles. The summed E-state index contributed by atoms with van der Waals surface area (Å²) in [6.07, 6.45) is 13.7. The van der Waals surface area contributed by atoms with Crippen molar-refractivity contribution in [3.05, 3.63) is 53.6 Å². The Kier molecular flexibility index (Phi) is 8.72. The van der Waals surface area contributed by atoms with Gasteiger partial charge in [0.25, 0.3) is 0 Å². The highest BCUT2D eigenvalue weighted by atomic mass is 32.2. The van der Waals surface area contributed by atoms with Crippen molar-refractivity contribution in [3.8, 4) is 0 Å². The van der Waals surface area contributed by atoms with Gasteiger partial charge < -0.3 is 15.3 Å². The molecule has 3 unspecified atom stereocenters. The van der Waals surface area contributed by atoms with Crippen molar-refractivity contribution >= 4 is 21.4 Å². The number of carbonyl (C=O) groups is 1. The maximum atomic E-state index is 12.0. The number of sulfone groups is 1. The Bertz CT molecular complexity index is 1620. The maximum absolute atomic E-state index is 12.0.